The normalized spacial score (nSPS) is 14.4. The molecule has 2 heterocycles. The van der Waals surface area contributed by atoms with Gasteiger partial charge in [-0.3, -0.25) is 14.2 Å². The van der Waals surface area contributed by atoms with E-state index in [1.165, 1.54) is 23.2 Å². The highest BCUT2D eigenvalue weighted by Crippen LogP contribution is 2.26. The van der Waals surface area contributed by atoms with Crippen LogP contribution in [-0.4, -0.2) is 39.0 Å². The van der Waals surface area contributed by atoms with Crippen molar-refractivity contribution in [3.63, 3.8) is 0 Å². The number of hydrazone groups is 1. The fourth-order valence-electron chi connectivity index (χ4n) is 2.99. The Morgan fingerprint density at radius 1 is 1.29 bits per heavy atom. The molecule has 148 valence electrons. The molecule has 0 N–H and O–H groups in total. The summed E-state index contributed by atoms with van der Waals surface area (Å²) in [6.45, 7) is 0.952. The molecular formula is C19H21F2N5O2. The van der Waals surface area contributed by atoms with E-state index >= 15 is 0 Å². The Morgan fingerprint density at radius 3 is 2.75 bits per heavy atom. The first-order valence-corrected chi connectivity index (χ1v) is 8.81. The predicted molar refractivity (Wildman–Crippen MR) is 100 cm³/mol. The van der Waals surface area contributed by atoms with Crippen LogP contribution in [0.2, 0.25) is 0 Å². The maximum absolute atomic E-state index is 13.0. The van der Waals surface area contributed by atoms with Crippen molar-refractivity contribution >= 4 is 23.2 Å². The Balaban J connectivity index is 1.83. The van der Waals surface area contributed by atoms with Crippen molar-refractivity contribution in [2.45, 2.75) is 39.8 Å². The molecule has 3 rings (SSSR count). The Kier molecular flexibility index (Phi) is 5.53. The molecule has 2 aromatic rings. The summed E-state index contributed by atoms with van der Waals surface area (Å²) in [5.41, 5.74) is 2.67. The van der Waals surface area contributed by atoms with Gasteiger partial charge in [0.2, 0.25) is 5.91 Å². The Hall–Kier alpha value is -3.10. The summed E-state index contributed by atoms with van der Waals surface area (Å²) in [7, 11) is 1.49. The fraction of sp³-hybridized carbons (Fsp3) is 0.368. The molecule has 0 aliphatic carbocycles. The molecule has 2 amide bonds. The first-order chi connectivity index (χ1) is 13.3. The molecule has 0 fully saturated rings. The summed E-state index contributed by atoms with van der Waals surface area (Å²) in [6.07, 6.45) is 2.78. The molecule has 1 aromatic carbocycles. The van der Waals surface area contributed by atoms with E-state index < -0.39 is 12.5 Å². The Morgan fingerprint density at radius 2 is 2.04 bits per heavy atom. The average molecular weight is 389 g/mol. The molecule has 0 bridgehead atoms. The summed E-state index contributed by atoms with van der Waals surface area (Å²) in [5, 5.41) is 5.53. The van der Waals surface area contributed by atoms with Crippen LogP contribution >= 0.6 is 0 Å². The van der Waals surface area contributed by atoms with Crippen molar-refractivity contribution in [3.05, 3.63) is 47.5 Å². The van der Waals surface area contributed by atoms with Crippen molar-refractivity contribution in [1.29, 1.82) is 0 Å². The second kappa shape index (κ2) is 7.87. The summed E-state index contributed by atoms with van der Waals surface area (Å²) in [6, 6.07) is 5.66. The number of anilines is 1. The number of alkyl halides is 2. The molecule has 7 nitrogen and oxygen atoms in total. The third-order valence-corrected chi connectivity index (χ3v) is 4.56. The second-order valence-corrected chi connectivity index (χ2v) is 6.73. The van der Waals surface area contributed by atoms with Crippen molar-refractivity contribution in [3.8, 4) is 0 Å². The van der Waals surface area contributed by atoms with Crippen LogP contribution < -0.4 is 5.01 Å². The van der Waals surface area contributed by atoms with Crippen LogP contribution in [0.4, 0.5) is 14.5 Å². The number of hydrogen-bond donors (Lipinski definition) is 0. The molecule has 0 radical (unpaired) electrons. The summed E-state index contributed by atoms with van der Waals surface area (Å²) < 4.78 is 26.6. The lowest BCUT2D eigenvalue weighted by molar-refractivity contribution is -0.124. The summed E-state index contributed by atoms with van der Waals surface area (Å²) in [4.78, 5) is 30.3. The highest BCUT2D eigenvalue weighted by Gasteiger charge is 2.28. The van der Waals surface area contributed by atoms with Crippen molar-refractivity contribution < 1.29 is 18.4 Å². The number of benzene rings is 1. The van der Waals surface area contributed by atoms with E-state index in [0.29, 0.717) is 10.3 Å². The van der Waals surface area contributed by atoms with Gasteiger partial charge in [0.25, 0.3) is 5.91 Å². The number of aryl methyl sites for hydroxylation is 2. The van der Waals surface area contributed by atoms with Gasteiger partial charge in [-0.1, -0.05) is 12.1 Å². The molecule has 28 heavy (non-hydrogen) atoms. The average Bonchev–Trinajstić information content (AvgIpc) is 3.12. The highest BCUT2D eigenvalue weighted by atomic mass is 19.3. The van der Waals surface area contributed by atoms with E-state index in [-0.39, 0.29) is 36.8 Å². The van der Waals surface area contributed by atoms with Crippen LogP contribution in [0.3, 0.4) is 0 Å². The zero-order chi connectivity index (χ0) is 20.4. The first kappa shape index (κ1) is 19.7. The van der Waals surface area contributed by atoms with Gasteiger partial charge in [-0.15, -0.1) is 0 Å². The van der Waals surface area contributed by atoms with Crippen molar-refractivity contribution in [1.82, 2.24) is 14.5 Å². The third kappa shape index (κ3) is 3.92. The largest absolute Gasteiger partial charge is 0.333 e. The maximum atomic E-state index is 13.0. The van der Waals surface area contributed by atoms with E-state index in [1.807, 2.05) is 32.0 Å². The van der Waals surface area contributed by atoms with Gasteiger partial charge in [-0.05, 0) is 31.0 Å². The molecular weight excluding hydrogens is 368 g/mol. The van der Waals surface area contributed by atoms with Gasteiger partial charge in [0.15, 0.2) is 0 Å². The van der Waals surface area contributed by atoms with E-state index in [4.69, 9.17) is 0 Å². The monoisotopic (exact) mass is 389 g/mol. The quantitative estimate of drug-likeness (QED) is 0.789. The second-order valence-electron chi connectivity index (χ2n) is 6.73. The lowest BCUT2D eigenvalue weighted by Crippen LogP contribution is -2.40. The smallest absolute Gasteiger partial charge is 0.319 e. The van der Waals surface area contributed by atoms with Gasteiger partial charge in [0.1, 0.15) is 11.5 Å². The minimum atomic E-state index is -2.73. The minimum Gasteiger partial charge on any atom is -0.333 e. The Bertz CT molecular complexity index is 938. The number of carbonyl (C=O) groups excluding carboxylic acids is 2. The number of carbonyl (C=O) groups is 2. The molecule has 0 spiro atoms. The molecule has 0 saturated heterocycles. The standard InChI is InChI=1S/C19H21F2N5O2/c1-12-4-5-13(2)15(10-12)26-17(27)7-6-14(23-26)18(28)24(3)11-16-22-8-9-25(16)19(20)21/h4-5,8-10,19H,6-7,11H2,1-3H3. The highest BCUT2D eigenvalue weighted by molar-refractivity contribution is 6.40. The van der Waals surface area contributed by atoms with Crippen LogP contribution in [0, 0.1) is 13.8 Å². The van der Waals surface area contributed by atoms with Gasteiger partial charge in [0, 0.05) is 32.3 Å². The van der Waals surface area contributed by atoms with E-state index in [2.05, 4.69) is 10.1 Å². The van der Waals surface area contributed by atoms with Crippen LogP contribution in [-0.2, 0) is 16.1 Å². The lowest BCUT2D eigenvalue weighted by Gasteiger charge is -2.26. The molecule has 1 aliphatic heterocycles. The zero-order valence-corrected chi connectivity index (χ0v) is 15.9. The van der Waals surface area contributed by atoms with E-state index in [0.717, 1.165) is 17.3 Å². The number of halogens is 2. The third-order valence-electron chi connectivity index (χ3n) is 4.56. The molecule has 0 saturated carbocycles. The van der Waals surface area contributed by atoms with Gasteiger partial charge >= 0.3 is 6.55 Å². The number of hydrogen-bond acceptors (Lipinski definition) is 4. The van der Waals surface area contributed by atoms with Crippen LogP contribution in [0.1, 0.15) is 36.3 Å². The van der Waals surface area contributed by atoms with Crippen LogP contribution in [0.15, 0.2) is 35.7 Å². The Labute approximate surface area is 161 Å². The summed E-state index contributed by atoms with van der Waals surface area (Å²) >= 11 is 0. The van der Waals surface area contributed by atoms with Gasteiger partial charge in [-0.2, -0.15) is 13.9 Å². The fourth-order valence-corrected chi connectivity index (χ4v) is 2.99. The number of aromatic nitrogens is 2. The van der Waals surface area contributed by atoms with Crippen molar-refractivity contribution in [2.75, 3.05) is 12.1 Å². The van der Waals surface area contributed by atoms with E-state index in [1.54, 1.807) is 0 Å². The number of imidazole rings is 1. The topological polar surface area (TPSA) is 70.8 Å². The van der Waals surface area contributed by atoms with Crippen molar-refractivity contribution in [2.24, 2.45) is 5.10 Å². The maximum Gasteiger partial charge on any atom is 0.319 e. The van der Waals surface area contributed by atoms with E-state index in [9.17, 15) is 18.4 Å². The molecule has 1 aromatic heterocycles. The van der Waals surface area contributed by atoms with Gasteiger partial charge < -0.3 is 4.90 Å². The lowest BCUT2D eigenvalue weighted by atomic mass is 10.1. The molecule has 9 heteroatoms. The SMILES string of the molecule is Cc1ccc(C)c(N2N=C(C(=O)N(C)Cc3nccn3C(F)F)CCC2=O)c1. The predicted octanol–water partition coefficient (Wildman–Crippen LogP) is 3.04. The minimum absolute atomic E-state index is 0.0738. The number of amides is 2. The zero-order valence-electron chi connectivity index (χ0n) is 15.9. The van der Waals surface area contributed by atoms with Crippen LogP contribution in [0.5, 0.6) is 0 Å². The van der Waals surface area contributed by atoms with Gasteiger partial charge in [0.05, 0.1) is 12.2 Å². The van der Waals surface area contributed by atoms with Gasteiger partial charge in [-0.25, -0.2) is 9.99 Å². The molecule has 0 atom stereocenters. The number of nitrogens with zero attached hydrogens (tertiary/aromatic N) is 5. The molecule has 1 aliphatic rings. The molecule has 0 unspecified atom stereocenters. The summed E-state index contributed by atoms with van der Waals surface area (Å²) in [5.74, 6) is -0.544. The first-order valence-electron chi connectivity index (χ1n) is 8.81. The number of rotatable bonds is 5. The van der Waals surface area contributed by atoms with Crippen LogP contribution in [0.25, 0.3) is 0 Å².